The second-order valence-electron chi connectivity index (χ2n) is 6.45. The van der Waals surface area contributed by atoms with Crippen LogP contribution in [-0.4, -0.2) is 25.8 Å². The van der Waals surface area contributed by atoms with E-state index in [0.29, 0.717) is 17.0 Å². The van der Waals surface area contributed by atoms with E-state index in [1.54, 1.807) is 23.0 Å². The predicted molar refractivity (Wildman–Crippen MR) is 109 cm³/mol. The van der Waals surface area contributed by atoms with E-state index in [1.165, 1.54) is 30.5 Å². The number of aromatic carboxylic acids is 1. The highest BCUT2D eigenvalue weighted by atomic mass is 19.1. The summed E-state index contributed by atoms with van der Waals surface area (Å²) in [5, 5.41) is 13.6. The van der Waals surface area contributed by atoms with Crippen molar-refractivity contribution in [2.75, 3.05) is 0 Å². The monoisotopic (exact) mass is 403 g/mol. The molecule has 0 amide bonds. The van der Waals surface area contributed by atoms with Crippen molar-refractivity contribution in [3.8, 4) is 16.9 Å². The van der Waals surface area contributed by atoms with Gasteiger partial charge in [0.25, 0.3) is 0 Å². The minimum atomic E-state index is -1.06. The molecule has 0 unspecified atom stereocenters. The van der Waals surface area contributed by atoms with E-state index in [9.17, 15) is 13.6 Å². The predicted octanol–water partition coefficient (Wildman–Crippen LogP) is 5.08. The van der Waals surface area contributed by atoms with E-state index in [1.807, 2.05) is 30.3 Å². The number of halogens is 2. The molecule has 7 heteroatoms. The minimum Gasteiger partial charge on any atom is -0.478 e. The number of benzene rings is 2. The SMILES string of the molecule is O=C(O)c1ccnc(C=Cc2cn(-c3ccccc3)nc2-c2ccc(F)cc2F)c1. The quantitative estimate of drug-likeness (QED) is 0.505. The Kier molecular flexibility index (Phi) is 5.17. The lowest BCUT2D eigenvalue weighted by Crippen LogP contribution is -1.96. The molecule has 0 saturated heterocycles. The maximum Gasteiger partial charge on any atom is 0.335 e. The molecule has 0 bridgehead atoms. The van der Waals surface area contributed by atoms with Crippen LogP contribution in [0.3, 0.4) is 0 Å². The van der Waals surface area contributed by atoms with Crippen LogP contribution in [0, 0.1) is 11.6 Å². The summed E-state index contributed by atoms with van der Waals surface area (Å²) < 4.78 is 29.4. The Morgan fingerprint density at radius 1 is 1.00 bits per heavy atom. The van der Waals surface area contributed by atoms with E-state index in [4.69, 9.17) is 5.11 Å². The van der Waals surface area contributed by atoms with Gasteiger partial charge in [0.05, 0.1) is 16.9 Å². The molecule has 0 spiro atoms. The average molecular weight is 403 g/mol. The van der Waals surface area contributed by atoms with Gasteiger partial charge >= 0.3 is 5.97 Å². The molecule has 2 aromatic carbocycles. The summed E-state index contributed by atoms with van der Waals surface area (Å²) >= 11 is 0. The molecule has 148 valence electrons. The highest BCUT2D eigenvalue weighted by Gasteiger charge is 2.15. The first-order valence-electron chi connectivity index (χ1n) is 8.99. The van der Waals surface area contributed by atoms with Crippen molar-refractivity contribution >= 4 is 18.1 Å². The third kappa shape index (κ3) is 4.00. The van der Waals surface area contributed by atoms with E-state index < -0.39 is 17.6 Å². The molecule has 0 aliphatic rings. The van der Waals surface area contributed by atoms with E-state index in [2.05, 4.69) is 10.1 Å². The van der Waals surface area contributed by atoms with Gasteiger partial charge in [-0.3, -0.25) is 4.98 Å². The maximum atomic E-state index is 14.4. The third-order valence-electron chi connectivity index (χ3n) is 4.41. The fourth-order valence-electron chi connectivity index (χ4n) is 2.96. The van der Waals surface area contributed by atoms with Crippen molar-refractivity contribution in [3.63, 3.8) is 0 Å². The Hall–Kier alpha value is -4.13. The molecule has 0 fully saturated rings. The van der Waals surface area contributed by atoms with Crippen LogP contribution in [0.2, 0.25) is 0 Å². The Morgan fingerprint density at radius 3 is 2.53 bits per heavy atom. The molecular weight excluding hydrogens is 388 g/mol. The van der Waals surface area contributed by atoms with Gasteiger partial charge in [-0.1, -0.05) is 18.2 Å². The third-order valence-corrected chi connectivity index (χ3v) is 4.41. The van der Waals surface area contributed by atoms with Crippen LogP contribution in [0.15, 0.2) is 73.1 Å². The van der Waals surface area contributed by atoms with Gasteiger partial charge in [-0.05, 0) is 48.6 Å². The second kappa shape index (κ2) is 8.08. The molecular formula is C23H15F2N3O2. The number of aromatic nitrogens is 3. The van der Waals surface area contributed by atoms with Crippen LogP contribution in [0.25, 0.3) is 29.1 Å². The summed E-state index contributed by atoms with van der Waals surface area (Å²) in [4.78, 5) is 15.3. The molecule has 4 aromatic rings. The smallest absolute Gasteiger partial charge is 0.335 e. The van der Waals surface area contributed by atoms with Gasteiger partial charge in [0.1, 0.15) is 17.3 Å². The lowest BCUT2D eigenvalue weighted by atomic mass is 10.1. The Balaban J connectivity index is 1.80. The zero-order chi connectivity index (χ0) is 21.1. The van der Waals surface area contributed by atoms with Crippen molar-refractivity contribution in [2.45, 2.75) is 0 Å². The number of rotatable bonds is 5. The van der Waals surface area contributed by atoms with E-state index >= 15 is 0 Å². The lowest BCUT2D eigenvalue weighted by Gasteiger charge is -2.02. The fraction of sp³-hybridized carbons (Fsp3) is 0. The van der Waals surface area contributed by atoms with Crippen LogP contribution < -0.4 is 0 Å². The molecule has 0 aliphatic carbocycles. The number of carbonyl (C=O) groups is 1. The Labute approximate surface area is 170 Å². The lowest BCUT2D eigenvalue weighted by molar-refractivity contribution is 0.0696. The van der Waals surface area contributed by atoms with Gasteiger partial charge in [0.2, 0.25) is 0 Å². The van der Waals surface area contributed by atoms with Crippen molar-refractivity contribution in [3.05, 3.63) is 102 Å². The molecule has 0 atom stereocenters. The molecule has 2 heterocycles. The topological polar surface area (TPSA) is 68.0 Å². The number of hydrogen-bond acceptors (Lipinski definition) is 3. The zero-order valence-electron chi connectivity index (χ0n) is 15.5. The van der Waals surface area contributed by atoms with Gasteiger partial charge in [-0.15, -0.1) is 0 Å². The summed E-state index contributed by atoms with van der Waals surface area (Å²) in [5.41, 5.74) is 2.33. The zero-order valence-corrected chi connectivity index (χ0v) is 15.5. The van der Waals surface area contributed by atoms with Crippen LogP contribution in [-0.2, 0) is 0 Å². The van der Waals surface area contributed by atoms with Crippen LogP contribution in [0.1, 0.15) is 21.6 Å². The fourth-order valence-corrected chi connectivity index (χ4v) is 2.96. The summed E-state index contributed by atoms with van der Waals surface area (Å²) in [5.74, 6) is -2.46. The van der Waals surface area contributed by atoms with Crippen LogP contribution >= 0.6 is 0 Å². The van der Waals surface area contributed by atoms with E-state index in [-0.39, 0.29) is 11.1 Å². The van der Waals surface area contributed by atoms with Crippen molar-refractivity contribution in [1.29, 1.82) is 0 Å². The minimum absolute atomic E-state index is 0.106. The summed E-state index contributed by atoms with van der Waals surface area (Å²) in [7, 11) is 0. The van der Waals surface area contributed by atoms with Crippen LogP contribution in [0.4, 0.5) is 8.78 Å². The first-order chi connectivity index (χ1) is 14.5. The van der Waals surface area contributed by atoms with Crippen molar-refractivity contribution < 1.29 is 18.7 Å². The maximum absolute atomic E-state index is 14.4. The van der Waals surface area contributed by atoms with Gasteiger partial charge in [-0.25, -0.2) is 18.3 Å². The number of carboxylic acid groups (broad SMARTS) is 1. The molecule has 5 nitrogen and oxygen atoms in total. The molecule has 30 heavy (non-hydrogen) atoms. The van der Waals surface area contributed by atoms with E-state index in [0.717, 1.165) is 11.8 Å². The molecule has 0 radical (unpaired) electrons. The highest BCUT2D eigenvalue weighted by Crippen LogP contribution is 2.28. The number of para-hydroxylation sites is 1. The summed E-state index contributed by atoms with van der Waals surface area (Å²) in [6, 6.07) is 15.4. The highest BCUT2D eigenvalue weighted by molar-refractivity contribution is 5.88. The Morgan fingerprint density at radius 2 is 1.80 bits per heavy atom. The number of hydrogen-bond donors (Lipinski definition) is 1. The van der Waals surface area contributed by atoms with Crippen molar-refractivity contribution in [2.24, 2.45) is 0 Å². The van der Waals surface area contributed by atoms with Gasteiger partial charge < -0.3 is 5.11 Å². The average Bonchev–Trinajstić information content (AvgIpc) is 3.17. The largest absolute Gasteiger partial charge is 0.478 e. The number of pyridine rings is 1. The first-order valence-corrected chi connectivity index (χ1v) is 8.99. The standard InChI is InChI=1S/C23H15F2N3O2/c24-17-7-9-20(21(25)13-17)22-16(14-28(27-22)19-4-2-1-3-5-19)6-8-18-12-15(23(29)30)10-11-26-18/h1-14H,(H,29,30). The molecule has 1 N–H and O–H groups in total. The summed E-state index contributed by atoms with van der Waals surface area (Å²) in [6.07, 6.45) is 6.39. The van der Waals surface area contributed by atoms with Gasteiger partial charge in [0.15, 0.2) is 0 Å². The number of nitrogens with zero attached hydrogens (tertiary/aromatic N) is 3. The second-order valence-corrected chi connectivity index (χ2v) is 6.45. The number of carboxylic acids is 1. The van der Waals surface area contributed by atoms with Crippen molar-refractivity contribution in [1.82, 2.24) is 14.8 Å². The van der Waals surface area contributed by atoms with Gasteiger partial charge in [0, 0.05) is 29.6 Å². The van der Waals surface area contributed by atoms with Crippen LogP contribution in [0.5, 0.6) is 0 Å². The first kappa shape index (κ1) is 19.2. The Bertz CT molecular complexity index is 1250. The molecule has 2 aromatic heterocycles. The molecule has 0 aliphatic heterocycles. The summed E-state index contributed by atoms with van der Waals surface area (Å²) in [6.45, 7) is 0. The molecule has 0 saturated carbocycles. The van der Waals surface area contributed by atoms with Gasteiger partial charge in [-0.2, -0.15) is 5.10 Å². The molecule has 4 rings (SSSR count). The normalized spacial score (nSPS) is 11.1.